The molecule has 12 heteroatoms. The summed E-state index contributed by atoms with van der Waals surface area (Å²) in [6.45, 7) is 8.01. The van der Waals surface area contributed by atoms with Crippen LogP contribution in [0.3, 0.4) is 0 Å². The normalized spacial score (nSPS) is 19.5. The van der Waals surface area contributed by atoms with Crippen LogP contribution in [0.2, 0.25) is 0 Å². The number of aliphatic imine (C=N–C) groups is 1. The first kappa shape index (κ1) is 26.1. The number of aromatic nitrogens is 6. The lowest BCUT2D eigenvalue weighted by atomic mass is 10.1. The standard InChI is InChI=1S/C26H32N8O3S/c1-5-18-20(21(16-8-9-16)31-15-30-18)22-28-13-19-24(33-22)34(6-2)25(35)23(32-19)27-12-17-10-11-26(4,14-29-17)38(36,37)7-3/h10-11,13,15-16H,5-9,12,14H2,1-4H3,(H,27,32). The van der Waals surface area contributed by atoms with Crippen molar-refractivity contribution in [3.8, 4) is 11.4 Å². The Morgan fingerprint density at radius 3 is 2.55 bits per heavy atom. The van der Waals surface area contributed by atoms with E-state index in [0.717, 1.165) is 36.2 Å². The van der Waals surface area contributed by atoms with Crippen molar-refractivity contribution < 1.29 is 8.42 Å². The van der Waals surface area contributed by atoms with Crippen LogP contribution in [0.4, 0.5) is 5.82 Å². The fourth-order valence-electron chi connectivity index (χ4n) is 4.64. The number of hydrogen-bond donors (Lipinski definition) is 1. The summed E-state index contributed by atoms with van der Waals surface area (Å²) >= 11 is 0. The molecular weight excluding hydrogens is 504 g/mol. The lowest BCUT2D eigenvalue weighted by Crippen LogP contribution is -2.40. The molecule has 0 radical (unpaired) electrons. The molecule has 0 spiro atoms. The third kappa shape index (κ3) is 4.61. The van der Waals surface area contributed by atoms with Gasteiger partial charge in [0.2, 0.25) is 0 Å². The van der Waals surface area contributed by atoms with Crippen LogP contribution in [0, 0.1) is 0 Å². The molecule has 4 heterocycles. The number of dihydropyridines is 1. The van der Waals surface area contributed by atoms with Crippen molar-refractivity contribution in [2.45, 2.75) is 64.2 Å². The van der Waals surface area contributed by atoms with Crippen molar-refractivity contribution in [1.29, 1.82) is 0 Å². The summed E-state index contributed by atoms with van der Waals surface area (Å²) in [5.41, 5.74) is 4.01. The summed E-state index contributed by atoms with van der Waals surface area (Å²) < 4.78 is 25.4. The second kappa shape index (κ2) is 9.97. The molecule has 1 aliphatic heterocycles. The summed E-state index contributed by atoms with van der Waals surface area (Å²) in [7, 11) is -3.29. The summed E-state index contributed by atoms with van der Waals surface area (Å²) in [6, 6.07) is 0. The van der Waals surface area contributed by atoms with E-state index in [1.165, 1.54) is 0 Å². The van der Waals surface area contributed by atoms with Crippen molar-refractivity contribution in [2.24, 2.45) is 4.99 Å². The predicted molar refractivity (Wildman–Crippen MR) is 147 cm³/mol. The van der Waals surface area contributed by atoms with E-state index in [9.17, 15) is 13.2 Å². The van der Waals surface area contributed by atoms with E-state index in [0.29, 0.717) is 35.2 Å². The molecule has 2 aliphatic rings. The zero-order valence-corrected chi connectivity index (χ0v) is 22.9. The molecule has 1 atom stereocenters. The Balaban J connectivity index is 1.45. The average molecular weight is 537 g/mol. The average Bonchev–Trinajstić information content (AvgIpc) is 3.78. The van der Waals surface area contributed by atoms with E-state index < -0.39 is 14.6 Å². The number of hydrogen-bond acceptors (Lipinski definition) is 10. The molecule has 0 aromatic carbocycles. The van der Waals surface area contributed by atoms with Gasteiger partial charge in [0.15, 0.2) is 27.1 Å². The Morgan fingerprint density at radius 2 is 1.92 bits per heavy atom. The summed E-state index contributed by atoms with van der Waals surface area (Å²) in [6.07, 6.45) is 9.52. The van der Waals surface area contributed by atoms with E-state index in [2.05, 4.69) is 30.2 Å². The van der Waals surface area contributed by atoms with Gasteiger partial charge in [-0.15, -0.1) is 0 Å². The Kier molecular flexibility index (Phi) is 6.84. The van der Waals surface area contributed by atoms with Gasteiger partial charge in [-0.05, 0) is 39.2 Å². The van der Waals surface area contributed by atoms with Crippen LogP contribution in [-0.4, -0.2) is 67.2 Å². The second-order valence-electron chi connectivity index (χ2n) is 9.83. The summed E-state index contributed by atoms with van der Waals surface area (Å²) in [4.78, 5) is 40.7. The van der Waals surface area contributed by atoms with Gasteiger partial charge in [-0.2, -0.15) is 0 Å². The minimum Gasteiger partial charge on any atom is -0.360 e. The van der Waals surface area contributed by atoms with Gasteiger partial charge in [-0.25, -0.2) is 33.3 Å². The topological polar surface area (TPSA) is 145 Å². The third-order valence-electron chi connectivity index (χ3n) is 7.23. The number of anilines is 1. The van der Waals surface area contributed by atoms with Crippen LogP contribution in [0.1, 0.15) is 57.8 Å². The molecule has 11 nitrogen and oxygen atoms in total. The Morgan fingerprint density at radius 1 is 1.13 bits per heavy atom. The third-order valence-corrected chi connectivity index (χ3v) is 9.68. The highest BCUT2D eigenvalue weighted by Gasteiger charge is 2.36. The highest BCUT2D eigenvalue weighted by atomic mass is 32.2. The Hall–Kier alpha value is -3.54. The number of nitrogens with one attached hydrogen (secondary N) is 1. The van der Waals surface area contributed by atoms with E-state index >= 15 is 0 Å². The zero-order chi connectivity index (χ0) is 27.1. The van der Waals surface area contributed by atoms with Crippen molar-refractivity contribution in [2.75, 3.05) is 24.2 Å². The van der Waals surface area contributed by atoms with Crippen LogP contribution >= 0.6 is 0 Å². The van der Waals surface area contributed by atoms with Gasteiger partial charge in [0.1, 0.15) is 16.6 Å². The van der Waals surface area contributed by atoms with Gasteiger partial charge in [0, 0.05) is 18.2 Å². The van der Waals surface area contributed by atoms with Crippen LogP contribution in [0.25, 0.3) is 22.6 Å². The van der Waals surface area contributed by atoms with Gasteiger partial charge in [-0.3, -0.25) is 14.4 Å². The van der Waals surface area contributed by atoms with Crippen molar-refractivity contribution >= 4 is 32.5 Å². The van der Waals surface area contributed by atoms with E-state index in [-0.39, 0.29) is 30.2 Å². The van der Waals surface area contributed by atoms with Gasteiger partial charge >= 0.3 is 0 Å². The second-order valence-corrected chi connectivity index (χ2v) is 12.6. The van der Waals surface area contributed by atoms with Gasteiger partial charge in [0.25, 0.3) is 5.56 Å². The molecule has 200 valence electrons. The Labute approximate surface area is 221 Å². The van der Waals surface area contributed by atoms with Crippen molar-refractivity contribution in [1.82, 2.24) is 29.5 Å². The molecule has 0 saturated heterocycles. The fraction of sp³-hybridized carbons (Fsp3) is 0.500. The lowest BCUT2D eigenvalue weighted by Gasteiger charge is -2.26. The summed E-state index contributed by atoms with van der Waals surface area (Å²) in [5, 5.41) is 3.07. The molecule has 0 bridgehead atoms. The largest absolute Gasteiger partial charge is 0.360 e. The molecule has 1 saturated carbocycles. The molecule has 3 aromatic heterocycles. The maximum absolute atomic E-state index is 13.3. The quantitative estimate of drug-likeness (QED) is 0.436. The van der Waals surface area contributed by atoms with Gasteiger partial charge in [-0.1, -0.05) is 19.9 Å². The van der Waals surface area contributed by atoms with Crippen LogP contribution in [-0.2, 0) is 22.8 Å². The molecular formula is C26H32N8O3S. The molecule has 1 fully saturated rings. The number of fused-ring (bicyclic) bond motifs is 1. The minimum absolute atomic E-state index is 0.0528. The predicted octanol–water partition coefficient (Wildman–Crippen LogP) is 2.72. The zero-order valence-electron chi connectivity index (χ0n) is 22.1. The van der Waals surface area contributed by atoms with Gasteiger partial charge < -0.3 is 5.32 Å². The highest BCUT2D eigenvalue weighted by molar-refractivity contribution is 7.92. The highest BCUT2D eigenvalue weighted by Crippen LogP contribution is 2.43. The van der Waals surface area contributed by atoms with E-state index in [1.54, 1.807) is 43.1 Å². The molecule has 38 heavy (non-hydrogen) atoms. The maximum Gasteiger partial charge on any atom is 0.294 e. The van der Waals surface area contributed by atoms with Crippen LogP contribution in [0.5, 0.6) is 0 Å². The van der Waals surface area contributed by atoms with Crippen molar-refractivity contribution in [3.63, 3.8) is 0 Å². The van der Waals surface area contributed by atoms with E-state index in [1.807, 2.05) is 13.8 Å². The molecule has 1 N–H and O–H groups in total. The van der Waals surface area contributed by atoms with Gasteiger partial charge in [0.05, 0.1) is 41.9 Å². The first-order valence-electron chi connectivity index (χ1n) is 13.0. The SMILES string of the molecule is CCc1ncnc(C2CC2)c1-c1ncc2nc(NCC3=NCC(C)(S(=O)(=O)CC)C=C3)c(=O)n(CC)c2n1. The molecule has 0 amide bonds. The van der Waals surface area contributed by atoms with Crippen molar-refractivity contribution in [3.05, 3.63) is 46.4 Å². The molecule has 1 aliphatic carbocycles. The molecule has 3 aromatic rings. The molecule has 1 unspecified atom stereocenters. The van der Waals surface area contributed by atoms with E-state index in [4.69, 9.17) is 4.98 Å². The fourth-order valence-corrected chi connectivity index (χ4v) is 5.83. The smallest absolute Gasteiger partial charge is 0.294 e. The number of rotatable bonds is 9. The number of sulfone groups is 1. The first-order valence-corrected chi connectivity index (χ1v) is 14.7. The minimum atomic E-state index is -3.29. The Bertz CT molecular complexity index is 1630. The van der Waals surface area contributed by atoms with Crippen LogP contribution < -0.4 is 10.9 Å². The summed E-state index contributed by atoms with van der Waals surface area (Å²) in [5.74, 6) is 1.12. The first-order chi connectivity index (χ1) is 18.2. The number of aryl methyl sites for hydroxylation is 2. The number of nitrogens with zero attached hydrogens (tertiary/aromatic N) is 7. The molecule has 5 rings (SSSR count). The monoisotopic (exact) mass is 536 g/mol. The van der Waals surface area contributed by atoms with Crippen LogP contribution in [0.15, 0.2) is 34.5 Å². The lowest BCUT2D eigenvalue weighted by molar-refractivity contribution is 0.565. The maximum atomic E-state index is 13.3.